The first kappa shape index (κ1) is 11.0. The summed E-state index contributed by atoms with van der Waals surface area (Å²) in [5, 5.41) is 9.94. The average molecular weight is 243 g/mol. The van der Waals surface area contributed by atoms with Crippen molar-refractivity contribution in [2.45, 2.75) is 18.8 Å². The quantitative estimate of drug-likeness (QED) is 0.900. The van der Waals surface area contributed by atoms with E-state index in [4.69, 9.17) is 4.74 Å². The van der Waals surface area contributed by atoms with Gasteiger partial charge in [-0.05, 0) is 25.0 Å². The first-order valence-electron chi connectivity index (χ1n) is 5.91. The number of nitrogens with zero attached hydrogens (tertiary/aromatic N) is 1. The highest BCUT2D eigenvalue weighted by atomic mass is 16.5. The van der Waals surface area contributed by atoms with Crippen LogP contribution in [0, 0.1) is 0 Å². The summed E-state index contributed by atoms with van der Waals surface area (Å²) in [6, 6.07) is 7.05. The van der Waals surface area contributed by atoms with Gasteiger partial charge in [0.25, 0.3) is 0 Å². The monoisotopic (exact) mass is 243 g/mol. The van der Waals surface area contributed by atoms with Gasteiger partial charge in [-0.1, -0.05) is 12.1 Å². The number of methoxy groups -OCH3 is 1. The van der Waals surface area contributed by atoms with Crippen LogP contribution in [0.2, 0.25) is 0 Å². The zero-order valence-corrected chi connectivity index (χ0v) is 10.0. The Kier molecular flexibility index (Phi) is 2.44. The zero-order valence-electron chi connectivity index (χ0n) is 10.0. The molecule has 92 valence electrons. The molecule has 18 heavy (non-hydrogen) atoms. The number of carboxylic acid groups (broad SMARTS) is 1. The van der Waals surface area contributed by atoms with Crippen LogP contribution in [0.1, 0.15) is 34.8 Å². The summed E-state index contributed by atoms with van der Waals surface area (Å²) in [5.74, 6) is 0.118. The molecule has 4 heteroatoms. The molecule has 1 aliphatic carbocycles. The molecule has 1 aromatic heterocycles. The highest BCUT2D eigenvalue weighted by molar-refractivity contribution is 6.04. The van der Waals surface area contributed by atoms with Gasteiger partial charge in [0.05, 0.1) is 12.7 Å². The number of pyridine rings is 1. The number of aromatic carboxylic acids is 1. The molecule has 1 N–H and O–H groups in total. The fourth-order valence-electron chi connectivity index (χ4n) is 2.17. The summed E-state index contributed by atoms with van der Waals surface area (Å²) < 4.78 is 5.26. The van der Waals surface area contributed by atoms with Gasteiger partial charge in [0, 0.05) is 17.0 Å². The Morgan fingerprint density at radius 2 is 2.22 bits per heavy atom. The Hall–Kier alpha value is -2.10. The van der Waals surface area contributed by atoms with Crippen molar-refractivity contribution in [2.24, 2.45) is 0 Å². The minimum Gasteiger partial charge on any atom is -0.494 e. The van der Waals surface area contributed by atoms with Gasteiger partial charge in [0.2, 0.25) is 0 Å². The van der Waals surface area contributed by atoms with Gasteiger partial charge in [-0.2, -0.15) is 0 Å². The number of fused-ring (bicyclic) bond motifs is 1. The van der Waals surface area contributed by atoms with E-state index >= 15 is 0 Å². The van der Waals surface area contributed by atoms with Crippen LogP contribution in [0.4, 0.5) is 0 Å². The largest absolute Gasteiger partial charge is 0.494 e. The molecule has 1 heterocycles. The number of hydrogen-bond donors (Lipinski definition) is 1. The number of carboxylic acids is 1. The number of benzene rings is 1. The highest BCUT2D eigenvalue weighted by Gasteiger charge is 2.27. The van der Waals surface area contributed by atoms with Gasteiger partial charge in [-0.3, -0.25) is 0 Å². The predicted molar refractivity (Wildman–Crippen MR) is 67.2 cm³/mol. The van der Waals surface area contributed by atoms with Crippen molar-refractivity contribution in [3.05, 3.63) is 35.5 Å². The number of carbonyl (C=O) groups is 1. The third-order valence-electron chi connectivity index (χ3n) is 3.27. The minimum atomic E-state index is -0.919. The number of para-hydroxylation sites is 1. The second-order valence-corrected chi connectivity index (χ2v) is 4.53. The summed E-state index contributed by atoms with van der Waals surface area (Å²) >= 11 is 0. The molecule has 0 spiro atoms. The molecule has 0 aliphatic heterocycles. The molecule has 1 aliphatic rings. The lowest BCUT2D eigenvalue weighted by Gasteiger charge is -2.09. The second-order valence-electron chi connectivity index (χ2n) is 4.53. The van der Waals surface area contributed by atoms with Crippen LogP contribution in [-0.2, 0) is 0 Å². The molecule has 0 unspecified atom stereocenters. The zero-order chi connectivity index (χ0) is 12.7. The van der Waals surface area contributed by atoms with E-state index in [2.05, 4.69) is 4.98 Å². The fourth-order valence-corrected chi connectivity index (χ4v) is 2.17. The molecule has 4 nitrogen and oxygen atoms in total. The van der Waals surface area contributed by atoms with E-state index in [1.165, 1.54) is 0 Å². The number of aromatic nitrogens is 1. The van der Waals surface area contributed by atoms with Crippen molar-refractivity contribution in [3.63, 3.8) is 0 Å². The Morgan fingerprint density at radius 1 is 1.44 bits per heavy atom. The molecule has 0 amide bonds. The summed E-state index contributed by atoms with van der Waals surface area (Å²) in [6.45, 7) is 0. The SMILES string of the molecule is COc1cccc2c(C(=O)O)cc(C3CC3)nc12. The van der Waals surface area contributed by atoms with E-state index in [-0.39, 0.29) is 0 Å². The van der Waals surface area contributed by atoms with Crippen LogP contribution in [-0.4, -0.2) is 23.2 Å². The summed E-state index contributed by atoms with van der Waals surface area (Å²) in [5.41, 5.74) is 1.81. The molecule has 1 aromatic carbocycles. The van der Waals surface area contributed by atoms with Crippen LogP contribution < -0.4 is 4.74 Å². The standard InChI is InChI=1S/C14H13NO3/c1-18-12-4-2-3-9-10(14(16)17)7-11(8-5-6-8)15-13(9)12/h2-4,7-8H,5-6H2,1H3,(H,16,17). The Bertz CT molecular complexity index is 632. The molecule has 1 fully saturated rings. The summed E-state index contributed by atoms with van der Waals surface area (Å²) in [6.07, 6.45) is 2.18. The molecular weight excluding hydrogens is 230 g/mol. The van der Waals surface area contributed by atoms with Crippen molar-refractivity contribution >= 4 is 16.9 Å². The molecule has 0 bridgehead atoms. The molecule has 0 atom stereocenters. The van der Waals surface area contributed by atoms with E-state index in [0.29, 0.717) is 28.1 Å². The molecule has 0 saturated heterocycles. The maximum atomic E-state index is 11.3. The van der Waals surface area contributed by atoms with Crippen LogP contribution in [0.3, 0.4) is 0 Å². The van der Waals surface area contributed by atoms with E-state index in [9.17, 15) is 9.90 Å². The van der Waals surface area contributed by atoms with Gasteiger partial charge >= 0.3 is 5.97 Å². The lowest BCUT2D eigenvalue weighted by Crippen LogP contribution is -2.02. The Morgan fingerprint density at radius 3 is 2.83 bits per heavy atom. The molecule has 1 saturated carbocycles. The third-order valence-corrected chi connectivity index (χ3v) is 3.27. The smallest absolute Gasteiger partial charge is 0.336 e. The maximum absolute atomic E-state index is 11.3. The van der Waals surface area contributed by atoms with Crippen LogP contribution in [0.25, 0.3) is 10.9 Å². The van der Waals surface area contributed by atoms with Crippen LogP contribution in [0.15, 0.2) is 24.3 Å². The van der Waals surface area contributed by atoms with E-state index in [0.717, 1.165) is 18.5 Å². The average Bonchev–Trinajstić information content (AvgIpc) is 3.20. The van der Waals surface area contributed by atoms with Crippen LogP contribution >= 0.6 is 0 Å². The van der Waals surface area contributed by atoms with Gasteiger partial charge in [0.1, 0.15) is 11.3 Å². The van der Waals surface area contributed by atoms with E-state index < -0.39 is 5.97 Å². The normalized spacial score (nSPS) is 14.7. The Labute approximate surface area is 104 Å². The highest BCUT2D eigenvalue weighted by Crippen LogP contribution is 2.41. The number of hydrogen-bond acceptors (Lipinski definition) is 3. The van der Waals surface area contributed by atoms with Gasteiger partial charge in [-0.25, -0.2) is 9.78 Å². The van der Waals surface area contributed by atoms with E-state index in [1.807, 2.05) is 0 Å². The van der Waals surface area contributed by atoms with E-state index in [1.54, 1.807) is 31.4 Å². The molecule has 0 radical (unpaired) electrons. The van der Waals surface area contributed by atoms with Crippen molar-refractivity contribution in [1.82, 2.24) is 4.98 Å². The lowest BCUT2D eigenvalue weighted by atomic mass is 10.1. The molecule has 2 aromatic rings. The molecule has 3 rings (SSSR count). The van der Waals surface area contributed by atoms with Crippen LogP contribution in [0.5, 0.6) is 5.75 Å². The second kappa shape index (κ2) is 3.98. The third kappa shape index (κ3) is 1.70. The van der Waals surface area contributed by atoms with Crippen molar-refractivity contribution in [2.75, 3.05) is 7.11 Å². The lowest BCUT2D eigenvalue weighted by molar-refractivity contribution is 0.0699. The minimum absolute atomic E-state index is 0.306. The molecular formula is C14H13NO3. The van der Waals surface area contributed by atoms with Gasteiger partial charge in [-0.15, -0.1) is 0 Å². The Balaban J connectivity index is 2.33. The van der Waals surface area contributed by atoms with Gasteiger partial charge in [0.15, 0.2) is 0 Å². The first-order chi connectivity index (χ1) is 8.70. The fraction of sp³-hybridized carbons (Fsp3) is 0.286. The predicted octanol–water partition coefficient (Wildman–Crippen LogP) is 2.82. The summed E-state index contributed by atoms with van der Waals surface area (Å²) in [4.78, 5) is 15.9. The number of rotatable bonds is 3. The summed E-state index contributed by atoms with van der Waals surface area (Å²) in [7, 11) is 1.57. The van der Waals surface area contributed by atoms with Crippen molar-refractivity contribution in [3.8, 4) is 5.75 Å². The van der Waals surface area contributed by atoms with Gasteiger partial charge < -0.3 is 9.84 Å². The van der Waals surface area contributed by atoms with Crippen molar-refractivity contribution < 1.29 is 14.6 Å². The topological polar surface area (TPSA) is 59.4 Å². The maximum Gasteiger partial charge on any atom is 0.336 e. The van der Waals surface area contributed by atoms with Crippen molar-refractivity contribution in [1.29, 1.82) is 0 Å². The number of ether oxygens (including phenoxy) is 1. The first-order valence-corrected chi connectivity index (χ1v) is 5.91.